The van der Waals surface area contributed by atoms with Gasteiger partial charge in [-0.25, -0.2) is 43.4 Å². The Labute approximate surface area is 256 Å². The second-order valence-corrected chi connectivity index (χ2v) is 15.7. The lowest BCUT2D eigenvalue weighted by Crippen LogP contribution is -2.35. The van der Waals surface area contributed by atoms with Gasteiger partial charge in [0.15, 0.2) is 41.6 Å². The lowest BCUT2D eigenvalue weighted by Gasteiger charge is -2.26. The first-order valence-corrected chi connectivity index (χ1v) is 18.1. The third-order valence-electron chi connectivity index (χ3n) is 7.22. The topological polar surface area (TPSA) is 249 Å². The van der Waals surface area contributed by atoms with Gasteiger partial charge in [-0.2, -0.15) is 0 Å². The van der Waals surface area contributed by atoms with Gasteiger partial charge in [0.05, 0.1) is 25.9 Å². The van der Waals surface area contributed by atoms with E-state index in [1.54, 1.807) is 0 Å². The highest BCUT2D eigenvalue weighted by Gasteiger charge is 2.54. The quantitative estimate of drug-likeness (QED) is 0.146. The number of aliphatic hydroxyl groups excluding tert-OH is 1. The number of alkyl halides is 1. The number of nitrogens with zero attached hydrogens (tertiary/aromatic N) is 8. The molecule has 0 spiro atoms. The van der Waals surface area contributed by atoms with E-state index in [1.807, 2.05) is 0 Å². The number of nitrogens with two attached hydrogens (primary N) is 2. The molecule has 3 aliphatic rings. The summed E-state index contributed by atoms with van der Waals surface area (Å²) in [4.78, 5) is 24.3. The number of halogens is 1. The molecule has 9 unspecified atom stereocenters. The van der Waals surface area contributed by atoms with Crippen LogP contribution >= 0.6 is 38.1 Å². The number of rotatable bonds is 2. The Balaban J connectivity index is 1.20. The van der Waals surface area contributed by atoms with Gasteiger partial charge in [0, 0.05) is 0 Å². The molecule has 236 valence electrons. The standard InChI is InChI=1S/C20H23FN10O9P2S2/c21-9-13-8(38-19(9)30-5-28-10-15(22)24-3-26-17(10)30)2-36-42(34,44)40-14-12(32)7(1-35-41(33,43)39-13)37-20(14)31-6-29-11-16(23)25-4-27-18(11)31/h3-9,12-14,19-20,32H,1-2H2,(H,33,43)(H,34,44)(H2,22,24,26)(H2,23,25,27)/t7?,8?,9?,12?,13?,14?,19-,20?,41?,42?/m1/s1. The van der Waals surface area contributed by atoms with Crippen molar-refractivity contribution in [2.45, 2.75) is 49.1 Å². The fourth-order valence-corrected chi connectivity index (χ4v) is 8.13. The molecule has 7 rings (SSSR count). The number of aromatic nitrogens is 8. The molecule has 0 aliphatic carbocycles. The first-order valence-electron chi connectivity index (χ1n) is 12.7. The molecule has 2 bridgehead atoms. The molecule has 3 aliphatic heterocycles. The number of hydrogen-bond acceptors (Lipinski definition) is 17. The SMILES string of the molecule is Nc1ncnc2c1ncn2C1OC2COP(=O)(S)OC3C(COP(=O)(S)OC1C2O)O[C@@H](n1cnc2c(N)ncnc21)C3F. The first kappa shape index (κ1) is 30.2. The van der Waals surface area contributed by atoms with Gasteiger partial charge in [0.2, 0.25) is 0 Å². The van der Waals surface area contributed by atoms with E-state index in [-0.39, 0.29) is 34.0 Å². The fraction of sp³-hybridized carbons (Fsp3) is 0.500. The number of anilines is 2. The largest absolute Gasteiger partial charge is 0.387 e. The number of nitrogen functional groups attached to an aromatic ring is 2. The zero-order valence-electron chi connectivity index (χ0n) is 22.0. The second kappa shape index (κ2) is 11.1. The summed E-state index contributed by atoms with van der Waals surface area (Å²) in [5.41, 5.74) is 12.5. The molecule has 7 heterocycles. The van der Waals surface area contributed by atoms with Crippen molar-refractivity contribution >= 4 is 72.1 Å². The molecule has 19 nitrogen and oxygen atoms in total. The van der Waals surface area contributed by atoms with E-state index >= 15 is 4.39 Å². The highest BCUT2D eigenvalue weighted by atomic mass is 32.7. The Kier molecular flexibility index (Phi) is 7.61. The molecule has 0 amide bonds. The zero-order chi connectivity index (χ0) is 31.0. The van der Waals surface area contributed by atoms with Crippen molar-refractivity contribution in [1.82, 2.24) is 39.0 Å². The summed E-state index contributed by atoms with van der Waals surface area (Å²) in [5.74, 6) is 0.140. The second-order valence-electron chi connectivity index (χ2n) is 9.90. The predicted molar refractivity (Wildman–Crippen MR) is 153 cm³/mol. The van der Waals surface area contributed by atoms with Crippen LogP contribution in [0, 0.1) is 0 Å². The van der Waals surface area contributed by atoms with E-state index in [1.165, 1.54) is 34.4 Å². The van der Waals surface area contributed by atoms with E-state index < -0.39 is 76.0 Å². The van der Waals surface area contributed by atoms with Crippen molar-refractivity contribution in [2.75, 3.05) is 24.7 Å². The molecule has 4 aromatic rings. The number of imidazole rings is 2. The molecule has 24 heteroatoms. The lowest BCUT2D eigenvalue weighted by atomic mass is 10.1. The highest BCUT2D eigenvalue weighted by molar-refractivity contribution is 8.44. The number of aliphatic hydroxyl groups is 1. The van der Waals surface area contributed by atoms with Crippen LogP contribution in [-0.4, -0.2) is 94.0 Å². The van der Waals surface area contributed by atoms with Crippen LogP contribution in [0.25, 0.3) is 22.3 Å². The Morgan fingerprint density at radius 2 is 1.30 bits per heavy atom. The minimum atomic E-state index is -4.36. The van der Waals surface area contributed by atoms with Crippen molar-refractivity contribution in [1.29, 1.82) is 0 Å². The number of fused-ring (bicyclic) bond motifs is 5. The van der Waals surface area contributed by atoms with Crippen LogP contribution in [-0.2, 0) is 36.7 Å². The van der Waals surface area contributed by atoms with E-state index in [0.29, 0.717) is 0 Å². The van der Waals surface area contributed by atoms with Crippen LogP contribution < -0.4 is 11.5 Å². The van der Waals surface area contributed by atoms with Gasteiger partial charge in [-0.1, -0.05) is 24.5 Å². The predicted octanol–water partition coefficient (Wildman–Crippen LogP) is 1.22. The molecule has 4 aromatic heterocycles. The van der Waals surface area contributed by atoms with Crippen LogP contribution in [0.4, 0.5) is 16.0 Å². The van der Waals surface area contributed by atoms with Crippen molar-refractivity contribution in [3.8, 4) is 0 Å². The average molecular weight is 693 g/mol. The zero-order valence-corrected chi connectivity index (χ0v) is 25.5. The van der Waals surface area contributed by atoms with Crippen molar-refractivity contribution in [3.63, 3.8) is 0 Å². The molecule has 5 N–H and O–H groups in total. The summed E-state index contributed by atoms with van der Waals surface area (Å²) in [7, 11) is 0. The van der Waals surface area contributed by atoms with Crippen molar-refractivity contribution in [2.24, 2.45) is 0 Å². The number of thiol groups is 2. The van der Waals surface area contributed by atoms with E-state index in [0.717, 1.165) is 0 Å². The third-order valence-corrected chi connectivity index (χ3v) is 10.4. The summed E-state index contributed by atoms with van der Waals surface area (Å²) in [6.45, 7) is -9.91. The molecule has 3 fully saturated rings. The van der Waals surface area contributed by atoms with E-state index in [2.05, 4.69) is 54.4 Å². The molecule has 0 radical (unpaired) electrons. The van der Waals surface area contributed by atoms with Gasteiger partial charge in [-0.3, -0.25) is 27.2 Å². The summed E-state index contributed by atoms with van der Waals surface area (Å²) < 4.78 is 79.4. The van der Waals surface area contributed by atoms with Crippen molar-refractivity contribution < 1.29 is 46.2 Å². The summed E-state index contributed by atoms with van der Waals surface area (Å²) in [6, 6.07) is 0. The third kappa shape index (κ3) is 5.26. The van der Waals surface area contributed by atoms with Crippen LogP contribution in [0.1, 0.15) is 12.5 Å². The summed E-state index contributed by atoms with van der Waals surface area (Å²) >= 11 is 8.08. The van der Waals surface area contributed by atoms with E-state index in [4.69, 9.17) is 39.0 Å². The summed E-state index contributed by atoms with van der Waals surface area (Å²) in [5, 5.41) is 11.1. The molecule has 44 heavy (non-hydrogen) atoms. The smallest absolute Gasteiger partial charge is 0.386 e. The Morgan fingerprint density at radius 1 is 0.795 bits per heavy atom. The monoisotopic (exact) mass is 692 g/mol. The van der Waals surface area contributed by atoms with Gasteiger partial charge in [-0.05, 0) is 0 Å². The lowest BCUT2D eigenvalue weighted by molar-refractivity contribution is -0.0568. The fourth-order valence-electron chi connectivity index (χ4n) is 5.19. The van der Waals surface area contributed by atoms with E-state index in [9.17, 15) is 14.2 Å². The summed E-state index contributed by atoms with van der Waals surface area (Å²) in [6.07, 6.45) is -6.89. The maximum atomic E-state index is 16.0. The van der Waals surface area contributed by atoms with Gasteiger partial charge in [0.25, 0.3) is 0 Å². The minimum Gasteiger partial charge on any atom is -0.387 e. The average Bonchev–Trinajstić information content (AvgIpc) is 3.73. The first-order chi connectivity index (χ1) is 20.9. The van der Waals surface area contributed by atoms with Crippen LogP contribution in [0.15, 0.2) is 25.3 Å². The Bertz CT molecular complexity index is 1840. The maximum Gasteiger partial charge on any atom is 0.386 e. The Hall–Kier alpha value is -2.49. The van der Waals surface area contributed by atoms with Crippen LogP contribution in [0.3, 0.4) is 0 Å². The molecule has 10 atom stereocenters. The van der Waals surface area contributed by atoms with Crippen molar-refractivity contribution in [3.05, 3.63) is 25.3 Å². The number of hydrogen-bond donors (Lipinski definition) is 5. The molecule has 3 saturated heterocycles. The van der Waals surface area contributed by atoms with Gasteiger partial charge >= 0.3 is 13.6 Å². The van der Waals surface area contributed by atoms with Gasteiger partial charge in [-0.15, -0.1) is 0 Å². The minimum absolute atomic E-state index is 0.0580. The molecular formula is C20H23FN10O9P2S2. The highest BCUT2D eigenvalue weighted by Crippen LogP contribution is 2.60. The molecule has 0 aromatic carbocycles. The van der Waals surface area contributed by atoms with Crippen LogP contribution in [0.5, 0.6) is 0 Å². The van der Waals surface area contributed by atoms with Crippen LogP contribution in [0.2, 0.25) is 0 Å². The normalized spacial score (nSPS) is 38.3. The molecule has 0 saturated carbocycles. The Morgan fingerprint density at radius 3 is 1.89 bits per heavy atom. The number of ether oxygens (including phenoxy) is 2. The maximum absolute atomic E-state index is 16.0. The molecular weight excluding hydrogens is 669 g/mol. The van der Waals surface area contributed by atoms with Gasteiger partial charge < -0.3 is 26.0 Å². The van der Waals surface area contributed by atoms with Gasteiger partial charge in [0.1, 0.15) is 54.2 Å².